The summed E-state index contributed by atoms with van der Waals surface area (Å²) in [5.74, 6) is 1.55. The van der Waals surface area contributed by atoms with E-state index in [1.54, 1.807) is 17.0 Å². The number of aromatic hydroxyl groups is 1. The van der Waals surface area contributed by atoms with Crippen molar-refractivity contribution in [3.63, 3.8) is 0 Å². The lowest BCUT2D eigenvalue weighted by Crippen LogP contribution is -2.29. The maximum Gasteiger partial charge on any atom is 0.253 e. The van der Waals surface area contributed by atoms with Crippen LogP contribution in [-0.4, -0.2) is 29.5 Å². The van der Waals surface area contributed by atoms with Crippen LogP contribution < -0.4 is 0 Å². The van der Waals surface area contributed by atoms with Crippen LogP contribution in [0.1, 0.15) is 23.7 Å². The van der Waals surface area contributed by atoms with Gasteiger partial charge in [0.1, 0.15) is 5.75 Å². The van der Waals surface area contributed by atoms with Gasteiger partial charge < -0.3 is 10.0 Å². The summed E-state index contributed by atoms with van der Waals surface area (Å²) in [6.07, 6.45) is 1.22. The summed E-state index contributed by atoms with van der Waals surface area (Å²) in [5, 5.41) is 9.59. The van der Waals surface area contributed by atoms with Crippen LogP contribution in [0.2, 0.25) is 0 Å². The second-order valence-electron chi connectivity index (χ2n) is 4.82. The first kappa shape index (κ1) is 12.7. The van der Waals surface area contributed by atoms with E-state index in [0.717, 1.165) is 16.0 Å². The molecule has 4 heteroatoms. The smallest absolute Gasteiger partial charge is 0.253 e. The monoisotopic (exact) mass is 345 g/mol. The molecule has 0 saturated heterocycles. The Morgan fingerprint density at radius 3 is 2.76 bits per heavy atom. The highest BCUT2D eigenvalue weighted by molar-refractivity contribution is 14.1. The van der Waals surface area contributed by atoms with Gasteiger partial charge in [-0.2, -0.15) is 0 Å². The zero-order chi connectivity index (χ0) is 12.6. The van der Waals surface area contributed by atoms with Crippen LogP contribution in [-0.2, 0) is 0 Å². The van der Waals surface area contributed by atoms with Crippen molar-refractivity contribution in [1.82, 2.24) is 4.90 Å². The van der Waals surface area contributed by atoms with E-state index in [2.05, 4.69) is 6.92 Å². The summed E-state index contributed by atoms with van der Waals surface area (Å²) in [6, 6.07) is 5.06. The van der Waals surface area contributed by atoms with E-state index >= 15 is 0 Å². The highest BCUT2D eigenvalue weighted by atomic mass is 127. The van der Waals surface area contributed by atoms with E-state index in [-0.39, 0.29) is 11.7 Å². The van der Waals surface area contributed by atoms with E-state index < -0.39 is 0 Å². The molecule has 0 radical (unpaired) electrons. The number of hydrogen-bond donors (Lipinski definition) is 1. The summed E-state index contributed by atoms with van der Waals surface area (Å²) >= 11 is 2.04. The third-order valence-electron chi connectivity index (χ3n) is 3.32. The van der Waals surface area contributed by atoms with Crippen LogP contribution in [0.15, 0.2) is 18.2 Å². The Morgan fingerprint density at radius 1 is 1.59 bits per heavy atom. The molecule has 2 unspecified atom stereocenters. The van der Waals surface area contributed by atoms with Crippen molar-refractivity contribution in [1.29, 1.82) is 0 Å². The lowest BCUT2D eigenvalue weighted by Gasteiger charge is -2.17. The van der Waals surface area contributed by atoms with Crippen molar-refractivity contribution in [3.05, 3.63) is 27.3 Å². The minimum atomic E-state index is -0.0178. The van der Waals surface area contributed by atoms with Gasteiger partial charge in [-0.15, -0.1) is 0 Å². The van der Waals surface area contributed by atoms with Crippen molar-refractivity contribution in [2.45, 2.75) is 13.3 Å². The SMILES string of the molecule is CC1CC1CN(C)C(=O)c1ccc(I)c(O)c1. The van der Waals surface area contributed by atoms with Gasteiger partial charge in [-0.1, -0.05) is 6.92 Å². The van der Waals surface area contributed by atoms with Crippen molar-refractivity contribution in [3.8, 4) is 5.75 Å². The van der Waals surface area contributed by atoms with Crippen molar-refractivity contribution < 1.29 is 9.90 Å². The Balaban J connectivity index is 2.05. The van der Waals surface area contributed by atoms with E-state index in [4.69, 9.17) is 0 Å². The van der Waals surface area contributed by atoms with E-state index in [1.807, 2.05) is 29.6 Å². The minimum Gasteiger partial charge on any atom is -0.507 e. The summed E-state index contributed by atoms with van der Waals surface area (Å²) in [7, 11) is 1.82. The molecule has 2 atom stereocenters. The van der Waals surface area contributed by atoms with E-state index in [0.29, 0.717) is 11.5 Å². The van der Waals surface area contributed by atoms with Crippen LogP contribution in [0.3, 0.4) is 0 Å². The third kappa shape index (κ3) is 2.91. The number of halogens is 1. The maximum absolute atomic E-state index is 12.1. The normalized spacial score (nSPS) is 22.3. The largest absolute Gasteiger partial charge is 0.507 e. The number of hydrogen-bond acceptors (Lipinski definition) is 2. The molecule has 0 heterocycles. The molecular weight excluding hydrogens is 329 g/mol. The van der Waals surface area contributed by atoms with Gasteiger partial charge in [0.15, 0.2) is 0 Å². The van der Waals surface area contributed by atoms with Crippen LogP contribution in [0.5, 0.6) is 5.75 Å². The Hall–Kier alpha value is -0.780. The quantitative estimate of drug-likeness (QED) is 0.856. The molecule has 1 N–H and O–H groups in total. The third-order valence-corrected chi connectivity index (χ3v) is 4.24. The Morgan fingerprint density at radius 2 is 2.24 bits per heavy atom. The molecule has 3 nitrogen and oxygen atoms in total. The Bertz CT molecular complexity index is 447. The molecule has 2 rings (SSSR count). The highest BCUT2D eigenvalue weighted by Crippen LogP contribution is 2.38. The van der Waals surface area contributed by atoms with Crippen LogP contribution in [0, 0.1) is 15.4 Å². The highest BCUT2D eigenvalue weighted by Gasteiger charge is 2.34. The van der Waals surface area contributed by atoms with E-state index in [1.165, 1.54) is 12.5 Å². The van der Waals surface area contributed by atoms with Crippen molar-refractivity contribution in [2.75, 3.05) is 13.6 Å². The van der Waals surface area contributed by atoms with Gasteiger partial charge in [0.25, 0.3) is 5.91 Å². The molecule has 92 valence electrons. The molecule has 17 heavy (non-hydrogen) atoms. The fraction of sp³-hybridized carbons (Fsp3) is 0.462. The number of benzene rings is 1. The standard InChI is InChI=1S/C13H16INO2/c1-8-5-10(8)7-15(2)13(17)9-3-4-11(14)12(16)6-9/h3-4,6,8,10,16H,5,7H2,1-2H3. The molecular formula is C13H16INO2. The number of carbonyl (C=O) groups is 1. The predicted octanol–water partition coefficient (Wildman–Crippen LogP) is 2.72. The molecule has 1 fully saturated rings. The molecule has 1 aliphatic rings. The van der Waals surface area contributed by atoms with Gasteiger partial charge in [0.2, 0.25) is 0 Å². The average Bonchev–Trinajstić information content (AvgIpc) is 2.97. The zero-order valence-corrected chi connectivity index (χ0v) is 12.1. The van der Waals surface area contributed by atoms with Gasteiger partial charge in [0, 0.05) is 19.2 Å². The molecule has 1 amide bonds. The maximum atomic E-state index is 12.1. The van der Waals surface area contributed by atoms with Crippen LogP contribution in [0.4, 0.5) is 0 Å². The Labute approximate surface area is 115 Å². The van der Waals surface area contributed by atoms with Gasteiger partial charge in [-0.05, 0) is 59.0 Å². The number of amides is 1. The zero-order valence-electron chi connectivity index (χ0n) is 9.98. The number of nitrogens with zero attached hydrogens (tertiary/aromatic N) is 1. The summed E-state index contributed by atoms with van der Waals surface area (Å²) in [5.41, 5.74) is 0.554. The number of phenolic OH excluding ortho intramolecular Hbond substituents is 1. The number of phenols is 1. The lowest BCUT2D eigenvalue weighted by atomic mass is 10.2. The second kappa shape index (κ2) is 4.84. The van der Waals surface area contributed by atoms with Gasteiger partial charge in [0.05, 0.1) is 3.57 Å². The van der Waals surface area contributed by atoms with Gasteiger partial charge >= 0.3 is 0 Å². The topological polar surface area (TPSA) is 40.5 Å². The molecule has 0 spiro atoms. The van der Waals surface area contributed by atoms with Crippen molar-refractivity contribution in [2.24, 2.45) is 11.8 Å². The Kier molecular flexibility index (Phi) is 3.61. The molecule has 0 aromatic heterocycles. The number of rotatable bonds is 3. The predicted molar refractivity (Wildman–Crippen MR) is 75.1 cm³/mol. The molecule has 1 aliphatic carbocycles. The molecule has 0 aliphatic heterocycles. The average molecular weight is 345 g/mol. The first-order valence-electron chi connectivity index (χ1n) is 5.73. The van der Waals surface area contributed by atoms with Gasteiger partial charge in [-0.25, -0.2) is 0 Å². The van der Waals surface area contributed by atoms with Crippen molar-refractivity contribution >= 4 is 28.5 Å². The summed E-state index contributed by atoms with van der Waals surface area (Å²) in [6.45, 7) is 3.02. The molecule has 1 aromatic rings. The first-order valence-corrected chi connectivity index (χ1v) is 6.81. The molecule has 1 aromatic carbocycles. The summed E-state index contributed by atoms with van der Waals surface area (Å²) < 4.78 is 0.762. The fourth-order valence-electron chi connectivity index (χ4n) is 1.95. The molecule has 1 saturated carbocycles. The van der Waals surface area contributed by atoms with Gasteiger partial charge in [-0.3, -0.25) is 4.79 Å². The summed E-state index contributed by atoms with van der Waals surface area (Å²) in [4.78, 5) is 13.8. The molecule has 0 bridgehead atoms. The van der Waals surface area contributed by atoms with E-state index in [9.17, 15) is 9.90 Å². The fourth-order valence-corrected chi connectivity index (χ4v) is 2.29. The van der Waals surface area contributed by atoms with Crippen LogP contribution >= 0.6 is 22.6 Å². The lowest BCUT2D eigenvalue weighted by molar-refractivity contribution is 0.0786. The second-order valence-corrected chi connectivity index (χ2v) is 5.99. The van der Waals surface area contributed by atoms with Crippen LogP contribution in [0.25, 0.3) is 0 Å². The first-order chi connectivity index (χ1) is 7.99. The minimum absolute atomic E-state index is 0.0178. The number of carbonyl (C=O) groups excluding carboxylic acids is 1.